The fraction of sp³-hybridized carbons (Fsp3) is 0.462. The second kappa shape index (κ2) is 6.07. The molecule has 0 spiro atoms. The van der Waals surface area contributed by atoms with Gasteiger partial charge in [-0.1, -0.05) is 23.7 Å². The molecule has 0 aromatic heterocycles. The van der Waals surface area contributed by atoms with E-state index in [0.717, 1.165) is 25.9 Å². The lowest BCUT2D eigenvalue weighted by Crippen LogP contribution is -2.44. The van der Waals surface area contributed by atoms with Gasteiger partial charge in [0.15, 0.2) is 0 Å². The van der Waals surface area contributed by atoms with E-state index in [9.17, 15) is 4.79 Å². The largest absolute Gasteiger partial charge is 0.335 e. The van der Waals surface area contributed by atoms with Crippen molar-refractivity contribution < 1.29 is 4.79 Å². The Morgan fingerprint density at radius 3 is 2.67 bits per heavy atom. The summed E-state index contributed by atoms with van der Waals surface area (Å²) < 4.78 is 0. The van der Waals surface area contributed by atoms with Crippen LogP contribution in [0.4, 0.5) is 10.5 Å². The molecule has 2 N–H and O–H groups in total. The molecule has 5 heteroatoms. The summed E-state index contributed by atoms with van der Waals surface area (Å²) in [5, 5.41) is 6.30. The monoisotopic (exact) mass is 267 g/mol. The Morgan fingerprint density at radius 1 is 1.33 bits per heavy atom. The number of hydrogen-bond donors (Lipinski definition) is 2. The number of piperidine rings is 1. The Balaban J connectivity index is 1.84. The SMILES string of the molecule is CN1CCC(NC(=O)Nc2ccccc2Cl)CC1. The molecular weight excluding hydrogens is 250 g/mol. The van der Waals surface area contributed by atoms with Crippen LogP contribution in [0.3, 0.4) is 0 Å². The van der Waals surface area contributed by atoms with E-state index < -0.39 is 0 Å². The van der Waals surface area contributed by atoms with Crippen molar-refractivity contribution in [2.75, 3.05) is 25.5 Å². The number of anilines is 1. The molecular formula is C13H18ClN3O. The Bertz CT molecular complexity index is 416. The third-order valence-electron chi connectivity index (χ3n) is 3.18. The fourth-order valence-electron chi connectivity index (χ4n) is 2.06. The van der Waals surface area contributed by atoms with Gasteiger partial charge < -0.3 is 15.5 Å². The number of halogens is 1. The Kier molecular flexibility index (Phi) is 4.44. The van der Waals surface area contributed by atoms with Crippen LogP contribution in [-0.4, -0.2) is 37.1 Å². The van der Waals surface area contributed by atoms with Crippen LogP contribution in [0.2, 0.25) is 5.02 Å². The molecule has 4 nitrogen and oxygen atoms in total. The summed E-state index contributed by atoms with van der Waals surface area (Å²) in [7, 11) is 2.10. The first kappa shape index (κ1) is 13.2. The molecule has 0 atom stereocenters. The summed E-state index contributed by atoms with van der Waals surface area (Å²) in [4.78, 5) is 14.1. The predicted molar refractivity (Wildman–Crippen MR) is 74.1 cm³/mol. The second-order valence-electron chi connectivity index (χ2n) is 4.66. The van der Waals surface area contributed by atoms with Gasteiger partial charge in [0.05, 0.1) is 10.7 Å². The molecule has 0 radical (unpaired) electrons. The first-order valence-corrected chi connectivity index (χ1v) is 6.53. The maximum absolute atomic E-state index is 11.8. The quantitative estimate of drug-likeness (QED) is 0.865. The average Bonchev–Trinajstić information content (AvgIpc) is 2.35. The molecule has 1 saturated heterocycles. The molecule has 1 aliphatic heterocycles. The molecule has 1 aromatic rings. The molecule has 1 aliphatic rings. The van der Waals surface area contributed by atoms with Crippen LogP contribution in [0.15, 0.2) is 24.3 Å². The number of carbonyl (C=O) groups excluding carboxylic acids is 1. The predicted octanol–water partition coefficient (Wildman–Crippen LogP) is 2.56. The first-order chi connectivity index (χ1) is 8.65. The molecule has 18 heavy (non-hydrogen) atoms. The van der Waals surface area contributed by atoms with Gasteiger partial charge in [-0.3, -0.25) is 0 Å². The molecule has 0 bridgehead atoms. The summed E-state index contributed by atoms with van der Waals surface area (Å²) >= 11 is 5.98. The lowest BCUT2D eigenvalue weighted by molar-refractivity contribution is 0.221. The van der Waals surface area contributed by atoms with E-state index in [1.54, 1.807) is 12.1 Å². The van der Waals surface area contributed by atoms with Crippen molar-refractivity contribution in [3.63, 3.8) is 0 Å². The number of hydrogen-bond acceptors (Lipinski definition) is 2. The van der Waals surface area contributed by atoms with Gasteiger partial charge in [0.25, 0.3) is 0 Å². The van der Waals surface area contributed by atoms with Gasteiger partial charge in [0, 0.05) is 6.04 Å². The number of nitrogens with one attached hydrogen (secondary N) is 2. The van der Waals surface area contributed by atoms with Crippen molar-refractivity contribution >= 4 is 23.3 Å². The molecule has 98 valence electrons. The standard InChI is InChI=1S/C13H18ClN3O/c1-17-8-6-10(7-9-17)15-13(18)16-12-5-3-2-4-11(12)14/h2-5,10H,6-9H2,1H3,(H2,15,16,18). The summed E-state index contributed by atoms with van der Waals surface area (Å²) in [5.74, 6) is 0. The van der Waals surface area contributed by atoms with Crippen molar-refractivity contribution in [2.45, 2.75) is 18.9 Å². The normalized spacial score (nSPS) is 17.4. The van der Waals surface area contributed by atoms with Gasteiger partial charge in [-0.25, -0.2) is 4.79 Å². The fourth-order valence-corrected chi connectivity index (χ4v) is 2.24. The zero-order chi connectivity index (χ0) is 13.0. The lowest BCUT2D eigenvalue weighted by atomic mass is 10.1. The maximum Gasteiger partial charge on any atom is 0.319 e. The molecule has 2 amide bonds. The van der Waals surface area contributed by atoms with Gasteiger partial charge >= 0.3 is 6.03 Å². The number of urea groups is 1. The highest BCUT2D eigenvalue weighted by molar-refractivity contribution is 6.33. The number of nitrogens with zero attached hydrogens (tertiary/aromatic N) is 1. The number of rotatable bonds is 2. The van der Waals surface area contributed by atoms with Crippen LogP contribution in [0.1, 0.15) is 12.8 Å². The van der Waals surface area contributed by atoms with Gasteiger partial charge in [-0.2, -0.15) is 0 Å². The van der Waals surface area contributed by atoms with Crippen LogP contribution in [0.5, 0.6) is 0 Å². The van der Waals surface area contributed by atoms with Crippen LogP contribution < -0.4 is 10.6 Å². The Labute approximate surface area is 112 Å². The number of para-hydroxylation sites is 1. The van der Waals surface area contributed by atoms with E-state index in [4.69, 9.17) is 11.6 Å². The zero-order valence-corrected chi connectivity index (χ0v) is 11.2. The van der Waals surface area contributed by atoms with E-state index >= 15 is 0 Å². The molecule has 0 saturated carbocycles. The van der Waals surface area contributed by atoms with Gasteiger partial charge in [-0.15, -0.1) is 0 Å². The van der Waals surface area contributed by atoms with Gasteiger partial charge in [0.1, 0.15) is 0 Å². The topological polar surface area (TPSA) is 44.4 Å². The third-order valence-corrected chi connectivity index (χ3v) is 3.51. The Hall–Kier alpha value is -1.26. The smallest absolute Gasteiger partial charge is 0.319 e. The van der Waals surface area contributed by atoms with E-state index in [1.807, 2.05) is 12.1 Å². The van der Waals surface area contributed by atoms with E-state index in [2.05, 4.69) is 22.6 Å². The maximum atomic E-state index is 11.8. The van der Waals surface area contributed by atoms with Crippen molar-refractivity contribution in [1.82, 2.24) is 10.2 Å². The number of benzene rings is 1. The van der Waals surface area contributed by atoms with Crippen LogP contribution in [0, 0.1) is 0 Å². The van der Waals surface area contributed by atoms with Crippen LogP contribution >= 0.6 is 11.6 Å². The highest BCUT2D eigenvalue weighted by Gasteiger charge is 2.18. The highest BCUT2D eigenvalue weighted by Crippen LogP contribution is 2.20. The van der Waals surface area contributed by atoms with Crippen LogP contribution in [-0.2, 0) is 0 Å². The van der Waals surface area contributed by atoms with E-state index in [-0.39, 0.29) is 12.1 Å². The Morgan fingerprint density at radius 2 is 2.00 bits per heavy atom. The minimum Gasteiger partial charge on any atom is -0.335 e. The number of likely N-dealkylation sites (tertiary alicyclic amines) is 1. The average molecular weight is 268 g/mol. The van der Waals surface area contributed by atoms with E-state index in [1.165, 1.54) is 0 Å². The second-order valence-corrected chi connectivity index (χ2v) is 5.06. The molecule has 0 aliphatic carbocycles. The molecule has 1 aromatic carbocycles. The van der Waals surface area contributed by atoms with Gasteiger partial charge in [0.2, 0.25) is 0 Å². The summed E-state index contributed by atoms with van der Waals surface area (Å²) in [5.41, 5.74) is 0.643. The summed E-state index contributed by atoms with van der Waals surface area (Å²) in [6.45, 7) is 2.05. The van der Waals surface area contributed by atoms with E-state index in [0.29, 0.717) is 10.7 Å². The molecule has 1 heterocycles. The van der Waals surface area contributed by atoms with Crippen molar-refractivity contribution in [1.29, 1.82) is 0 Å². The minimum atomic E-state index is -0.183. The van der Waals surface area contributed by atoms with Crippen molar-refractivity contribution in [3.8, 4) is 0 Å². The number of amides is 2. The first-order valence-electron chi connectivity index (χ1n) is 6.16. The minimum absolute atomic E-state index is 0.183. The number of carbonyl (C=O) groups is 1. The summed E-state index contributed by atoms with van der Waals surface area (Å²) in [6.07, 6.45) is 1.99. The highest BCUT2D eigenvalue weighted by atomic mass is 35.5. The zero-order valence-electron chi connectivity index (χ0n) is 10.4. The third kappa shape index (κ3) is 3.62. The molecule has 2 rings (SSSR count). The molecule has 1 fully saturated rings. The molecule has 0 unspecified atom stereocenters. The van der Waals surface area contributed by atoms with Crippen molar-refractivity contribution in [3.05, 3.63) is 29.3 Å². The van der Waals surface area contributed by atoms with Gasteiger partial charge in [-0.05, 0) is 45.1 Å². The summed E-state index contributed by atoms with van der Waals surface area (Å²) in [6, 6.07) is 7.30. The van der Waals surface area contributed by atoms with Crippen LogP contribution in [0.25, 0.3) is 0 Å². The van der Waals surface area contributed by atoms with Crippen molar-refractivity contribution in [2.24, 2.45) is 0 Å². The lowest BCUT2D eigenvalue weighted by Gasteiger charge is -2.29.